The first-order valence-electron chi connectivity index (χ1n) is 5.03. The van der Waals surface area contributed by atoms with Crippen LogP contribution in [0.2, 0.25) is 0 Å². The van der Waals surface area contributed by atoms with Crippen molar-refractivity contribution in [2.75, 3.05) is 14.1 Å². The van der Waals surface area contributed by atoms with E-state index in [0.29, 0.717) is 12.8 Å². The summed E-state index contributed by atoms with van der Waals surface area (Å²) < 4.78 is 0. The Labute approximate surface area is 87.5 Å². The van der Waals surface area contributed by atoms with E-state index < -0.39 is 0 Å². The minimum atomic E-state index is -0.205. The Morgan fingerprint density at radius 2 is 1.71 bits per heavy atom. The van der Waals surface area contributed by atoms with Crippen LogP contribution in [0.15, 0.2) is 0 Å². The summed E-state index contributed by atoms with van der Waals surface area (Å²) in [4.78, 5) is 23.0. The highest BCUT2D eigenvalue weighted by molar-refractivity contribution is 5.76. The van der Waals surface area contributed by atoms with Gasteiger partial charge in [0.25, 0.3) is 0 Å². The van der Waals surface area contributed by atoms with Crippen LogP contribution < -0.4 is 0 Å². The first-order valence-corrected chi connectivity index (χ1v) is 5.03. The second kappa shape index (κ2) is 7.54. The van der Waals surface area contributed by atoms with Crippen molar-refractivity contribution in [1.82, 2.24) is 4.90 Å². The molecule has 0 heterocycles. The molecule has 0 aromatic carbocycles. The second-order valence-electron chi connectivity index (χ2n) is 4.00. The zero-order valence-electron chi connectivity index (χ0n) is 10.3. The molecule has 0 aliphatic rings. The van der Waals surface area contributed by atoms with Gasteiger partial charge in [-0.15, -0.1) is 0 Å². The summed E-state index contributed by atoms with van der Waals surface area (Å²) in [6.45, 7) is 7.84. The van der Waals surface area contributed by atoms with Crippen molar-refractivity contribution in [3.63, 3.8) is 0 Å². The molecule has 1 amide bonds. The molecule has 0 saturated heterocycles. The molecule has 0 rings (SSSR count). The van der Waals surface area contributed by atoms with Crippen LogP contribution in [0.4, 0.5) is 0 Å². The summed E-state index contributed by atoms with van der Waals surface area (Å²) in [5, 5.41) is 0. The summed E-state index contributed by atoms with van der Waals surface area (Å²) in [5.41, 5.74) is -0.205. The Morgan fingerprint density at radius 1 is 1.29 bits per heavy atom. The molecule has 0 aliphatic carbocycles. The summed E-state index contributed by atoms with van der Waals surface area (Å²) in [7, 11) is 3.44. The zero-order chi connectivity index (χ0) is 11.8. The van der Waals surface area contributed by atoms with E-state index in [9.17, 15) is 9.59 Å². The Morgan fingerprint density at radius 3 is 2.00 bits per heavy atom. The molecule has 3 nitrogen and oxygen atoms in total. The van der Waals surface area contributed by atoms with Gasteiger partial charge in [0.15, 0.2) is 0 Å². The summed E-state index contributed by atoms with van der Waals surface area (Å²) >= 11 is 0. The van der Waals surface area contributed by atoms with Crippen molar-refractivity contribution >= 4 is 12.2 Å². The minimum absolute atomic E-state index is 0.0712. The average molecular weight is 201 g/mol. The van der Waals surface area contributed by atoms with Crippen molar-refractivity contribution < 1.29 is 9.59 Å². The fourth-order valence-corrected chi connectivity index (χ4v) is 0.865. The lowest BCUT2D eigenvalue weighted by molar-refractivity contribution is -0.131. The monoisotopic (exact) mass is 201 g/mol. The lowest BCUT2D eigenvalue weighted by atomic mass is 9.86. The van der Waals surface area contributed by atoms with Crippen LogP contribution in [0.3, 0.4) is 0 Å². The SMILES string of the molecule is CC.CN(C)C(=O)CC(C)(C)CC=O. The fourth-order valence-electron chi connectivity index (χ4n) is 0.865. The molecular weight excluding hydrogens is 178 g/mol. The predicted molar refractivity (Wildman–Crippen MR) is 59.1 cm³/mol. The first kappa shape index (κ1) is 15.6. The molecule has 0 aromatic heterocycles. The van der Waals surface area contributed by atoms with Crippen molar-refractivity contribution in [1.29, 1.82) is 0 Å². The van der Waals surface area contributed by atoms with Crippen molar-refractivity contribution in [2.24, 2.45) is 5.41 Å². The van der Waals surface area contributed by atoms with E-state index in [4.69, 9.17) is 0 Å². The van der Waals surface area contributed by atoms with Gasteiger partial charge in [0, 0.05) is 26.9 Å². The number of carbonyl (C=O) groups excluding carboxylic acids is 2. The topological polar surface area (TPSA) is 37.4 Å². The molecule has 3 heteroatoms. The number of hydrogen-bond donors (Lipinski definition) is 0. The normalized spacial score (nSPS) is 9.86. The van der Waals surface area contributed by atoms with Crippen LogP contribution in [0.25, 0.3) is 0 Å². The number of carbonyl (C=O) groups is 2. The molecule has 0 atom stereocenters. The van der Waals surface area contributed by atoms with Crippen LogP contribution in [0.1, 0.15) is 40.5 Å². The quantitative estimate of drug-likeness (QED) is 0.653. The number of nitrogens with zero attached hydrogens (tertiary/aromatic N) is 1. The molecule has 0 aliphatic heterocycles. The summed E-state index contributed by atoms with van der Waals surface area (Å²) in [6.07, 6.45) is 1.73. The van der Waals surface area contributed by atoms with Gasteiger partial charge in [-0.25, -0.2) is 0 Å². The molecule has 14 heavy (non-hydrogen) atoms. The molecule has 0 unspecified atom stereocenters. The van der Waals surface area contributed by atoms with E-state index in [-0.39, 0.29) is 11.3 Å². The molecular formula is C11H23NO2. The Bertz CT molecular complexity index is 174. The van der Waals surface area contributed by atoms with Crippen LogP contribution >= 0.6 is 0 Å². The summed E-state index contributed by atoms with van der Waals surface area (Å²) in [6, 6.07) is 0. The second-order valence-corrected chi connectivity index (χ2v) is 4.00. The van der Waals surface area contributed by atoms with E-state index in [2.05, 4.69) is 0 Å². The Hall–Kier alpha value is -0.860. The van der Waals surface area contributed by atoms with Crippen molar-refractivity contribution in [2.45, 2.75) is 40.5 Å². The third kappa shape index (κ3) is 7.77. The van der Waals surface area contributed by atoms with E-state index in [1.165, 1.54) is 0 Å². The zero-order valence-corrected chi connectivity index (χ0v) is 10.3. The molecule has 0 aromatic rings. The Balaban J connectivity index is 0. The molecule has 0 bridgehead atoms. The molecule has 0 saturated carbocycles. The maximum Gasteiger partial charge on any atom is 0.222 e. The first-order chi connectivity index (χ1) is 6.39. The van der Waals surface area contributed by atoms with Gasteiger partial charge in [-0.1, -0.05) is 27.7 Å². The largest absolute Gasteiger partial charge is 0.349 e. The average Bonchev–Trinajstić information content (AvgIpc) is 2.06. The molecule has 0 N–H and O–H groups in total. The predicted octanol–water partition coefficient (Wildman–Crippen LogP) is 2.11. The van der Waals surface area contributed by atoms with E-state index in [1.54, 1.807) is 19.0 Å². The van der Waals surface area contributed by atoms with E-state index >= 15 is 0 Å². The standard InChI is InChI=1S/C9H17NO2.C2H6/c1-9(2,5-6-11)7-8(12)10(3)4;1-2/h6H,5,7H2,1-4H3;1-2H3. The molecule has 0 radical (unpaired) electrons. The van der Waals surface area contributed by atoms with Crippen LogP contribution in [0.5, 0.6) is 0 Å². The third-order valence-electron chi connectivity index (χ3n) is 1.76. The lowest BCUT2D eigenvalue weighted by Crippen LogP contribution is -2.28. The number of aldehydes is 1. The highest BCUT2D eigenvalue weighted by Gasteiger charge is 2.22. The summed E-state index contributed by atoms with van der Waals surface area (Å²) in [5.74, 6) is 0.0712. The van der Waals surface area contributed by atoms with Crippen molar-refractivity contribution in [3.05, 3.63) is 0 Å². The van der Waals surface area contributed by atoms with Crippen LogP contribution in [0, 0.1) is 5.41 Å². The number of rotatable bonds is 4. The van der Waals surface area contributed by atoms with Gasteiger partial charge in [0.05, 0.1) is 0 Å². The maximum absolute atomic E-state index is 11.2. The van der Waals surface area contributed by atoms with Gasteiger partial charge < -0.3 is 9.69 Å². The smallest absolute Gasteiger partial charge is 0.222 e. The van der Waals surface area contributed by atoms with Gasteiger partial charge in [-0.2, -0.15) is 0 Å². The molecule has 84 valence electrons. The third-order valence-corrected chi connectivity index (χ3v) is 1.76. The van der Waals surface area contributed by atoms with Crippen LogP contribution in [-0.4, -0.2) is 31.2 Å². The minimum Gasteiger partial charge on any atom is -0.349 e. The highest BCUT2D eigenvalue weighted by atomic mass is 16.2. The fraction of sp³-hybridized carbons (Fsp3) is 0.818. The Kier molecular flexibility index (Phi) is 8.40. The van der Waals surface area contributed by atoms with Gasteiger partial charge in [0.2, 0.25) is 5.91 Å². The number of amides is 1. The molecule has 0 fully saturated rings. The van der Waals surface area contributed by atoms with E-state index in [0.717, 1.165) is 6.29 Å². The van der Waals surface area contributed by atoms with Gasteiger partial charge >= 0.3 is 0 Å². The van der Waals surface area contributed by atoms with E-state index in [1.807, 2.05) is 27.7 Å². The van der Waals surface area contributed by atoms with Gasteiger partial charge in [-0.3, -0.25) is 4.79 Å². The lowest BCUT2D eigenvalue weighted by Gasteiger charge is -2.22. The van der Waals surface area contributed by atoms with Gasteiger partial charge in [-0.05, 0) is 5.41 Å². The number of hydrogen-bond acceptors (Lipinski definition) is 2. The van der Waals surface area contributed by atoms with Gasteiger partial charge in [0.1, 0.15) is 6.29 Å². The maximum atomic E-state index is 11.2. The highest BCUT2D eigenvalue weighted by Crippen LogP contribution is 2.23. The van der Waals surface area contributed by atoms with Crippen LogP contribution in [-0.2, 0) is 9.59 Å². The molecule has 0 spiro atoms. The van der Waals surface area contributed by atoms with Crippen molar-refractivity contribution in [3.8, 4) is 0 Å².